The summed E-state index contributed by atoms with van der Waals surface area (Å²) in [4.78, 5) is 32.3. The molecule has 8 heteroatoms. The predicted molar refractivity (Wildman–Crippen MR) is 113 cm³/mol. The molecule has 150 valence electrons. The molecule has 1 N–H and O–H groups in total. The van der Waals surface area contributed by atoms with Gasteiger partial charge in [-0.25, -0.2) is 0 Å². The quantitative estimate of drug-likeness (QED) is 0.696. The number of pyridine rings is 1. The Kier molecular flexibility index (Phi) is 6.03. The highest BCUT2D eigenvalue weighted by atomic mass is 32.1. The van der Waals surface area contributed by atoms with E-state index in [9.17, 15) is 9.59 Å². The van der Waals surface area contributed by atoms with Gasteiger partial charge in [0.1, 0.15) is 6.04 Å². The minimum absolute atomic E-state index is 0.193. The Bertz CT molecular complexity index is 967. The zero-order valence-corrected chi connectivity index (χ0v) is 17.6. The van der Waals surface area contributed by atoms with Gasteiger partial charge in [-0.1, -0.05) is 22.2 Å². The maximum atomic E-state index is 13.4. The Labute approximate surface area is 174 Å². The van der Waals surface area contributed by atoms with Gasteiger partial charge < -0.3 is 5.32 Å². The van der Waals surface area contributed by atoms with E-state index in [-0.39, 0.29) is 11.6 Å². The van der Waals surface area contributed by atoms with E-state index in [2.05, 4.69) is 19.9 Å². The van der Waals surface area contributed by atoms with Gasteiger partial charge in [-0.3, -0.25) is 19.5 Å². The van der Waals surface area contributed by atoms with Crippen LogP contribution in [0.25, 0.3) is 0 Å². The van der Waals surface area contributed by atoms with E-state index < -0.39 is 17.5 Å². The Hall–Kier alpha value is -3.13. The second kappa shape index (κ2) is 8.48. The van der Waals surface area contributed by atoms with E-state index in [4.69, 9.17) is 0 Å². The second-order valence-corrected chi connectivity index (χ2v) is 8.33. The number of hydrogen-bond acceptors (Lipinski definition) is 6. The van der Waals surface area contributed by atoms with Crippen LogP contribution in [0.3, 0.4) is 0 Å². The first-order valence-electron chi connectivity index (χ1n) is 9.15. The first-order chi connectivity index (χ1) is 13.8. The third-order valence-corrected chi connectivity index (χ3v) is 4.64. The Balaban J connectivity index is 2.15. The van der Waals surface area contributed by atoms with Crippen molar-refractivity contribution < 1.29 is 9.59 Å². The molecule has 0 radical (unpaired) electrons. The van der Waals surface area contributed by atoms with Crippen molar-refractivity contribution in [1.29, 1.82) is 0 Å². The SMILES string of the molecule is Cc1ccc(N(C(=O)c2csnn2)[C@@H](C(=O)NC(C)(C)C)c2ccncc2)cc1. The normalized spacial score (nSPS) is 12.3. The maximum absolute atomic E-state index is 13.4. The summed E-state index contributed by atoms with van der Waals surface area (Å²) in [6.07, 6.45) is 3.21. The molecular weight excluding hydrogens is 386 g/mol. The molecule has 0 saturated heterocycles. The lowest BCUT2D eigenvalue weighted by atomic mass is 10.0. The van der Waals surface area contributed by atoms with E-state index in [1.54, 1.807) is 29.9 Å². The molecule has 2 amide bonds. The first-order valence-corrected chi connectivity index (χ1v) is 9.99. The van der Waals surface area contributed by atoms with E-state index in [0.29, 0.717) is 11.3 Å². The van der Waals surface area contributed by atoms with Gasteiger partial charge in [-0.15, -0.1) is 5.10 Å². The molecule has 0 fully saturated rings. The van der Waals surface area contributed by atoms with Crippen LogP contribution in [-0.2, 0) is 4.79 Å². The van der Waals surface area contributed by atoms with Crippen LogP contribution in [0.5, 0.6) is 0 Å². The average molecular weight is 410 g/mol. The van der Waals surface area contributed by atoms with E-state index >= 15 is 0 Å². The molecule has 2 aromatic heterocycles. The summed E-state index contributed by atoms with van der Waals surface area (Å²) in [6, 6.07) is 10.0. The highest BCUT2D eigenvalue weighted by Gasteiger charge is 2.35. The zero-order chi connectivity index (χ0) is 21.0. The van der Waals surface area contributed by atoms with E-state index in [1.165, 1.54) is 4.90 Å². The lowest BCUT2D eigenvalue weighted by Crippen LogP contribution is -2.49. The fraction of sp³-hybridized carbons (Fsp3) is 0.286. The number of nitrogens with zero attached hydrogens (tertiary/aromatic N) is 4. The van der Waals surface area contributed by atoms with Gasteiger partial charge in [0.05, 0.1) is 0 Å². The molecular formula is C21H23N5O2S. The molecule has 0 spiro atoms. The number of aryl methyl sites for hydroxylation is 1. The summed E-state index contributed by atoms with van der Waals surface area (Å²) in [7, 11) is 0. The molecule has 0 unspecified atom stereocenters. The summed E-state index contributed by atoms with van der Waals surface area (Å²) in [6.45, 7) is 7.66. The lowest BCUT2D eigenvalue weighted by Gasteiger charge is -2.33. The summed E-state index contributed by atoms with van der Waals surface area (Å²) < 4.78 is 3.80. The predicted octanol–water partition coefficient (Wildman–Crippen LogP) is 3.54. The number of amides is 2. The molecule has 0 saturated carbocycles. The third kappa shape index (κ3) is 5.03. The number of carbonyl (C=O) groups excluding carboxylic acids is 2. The summed E-state index contributed by atoms with van der Waals surface area (Å²) in [5, 5.41) is 8.49. The topological polar surface area (TPSA) is 88.1 Å². The molecule has 0 aliphatic heterocycles. The lowest BCUT2D eigenvalue weighted by molar-refractivity contribution is -0.123. The van der Waals surface area contributed by atoms with E-state index in [1.807, 2.05) is 52.0 Å². The molecule has 1 aromatic carbocycles. The van der Waals surface area contributed by atoms with Crippen LogP contribution in [0, 0.1) is 6.92 Å². The molecule has 0 bridgehead atoms. The highest BCUT2D eigenvalue weighted by molar-refractivity contribution is 7.03. The summed E-state index contributed by atoms with van der Waals surface area (Å²) in [5.41, 5.74) is 2.03. The van der Waals surface area contributed by atoms with Gasteiger partial charge in [0, 0.05) is 29.0 Å². The standard InChI is InChI=1S/C21H23N5O2S/c1-14-5-7-16(8-6-14)26(20(28)17-13-29-25-24-17)18(15-9-11-22-12-10-15)19(27)23-21(2,3)4/h5-13,18H,1-4H3,(H,23,27)/t18-/m1/s1. The summed E-state index contributed by atoms with van der Waals surface area (Å²) in [5.74, 6) is -0.686. The van der Waals surface area contributed by atoms with Gasteiger partial charge in [0.2, 0.25) is 5.91 Å². The number of anilines is 1. The van der Waals surface area contributed by atoms with Crippen molar-refractivity contribution in [1.82, 2.24) is 19.9 Å². The molecule has 7 nitrogen and oxygen atoms in total. The van der Waals surface area contributed by atoms with Gasteiger partial charge in [-0.2, -0.15) is 0 Å². The summed E-state index contributed by atoms with van der Waals surface area (Å²) >= 11 is 1.09. The van der Waals surface area contributed by atoms with Crippen molar-refractivity contribution in [3.8, 4) is 0 Å². The first kappa shape index (κ1) is 20.6. The van der Waals surface area contributed by atoms with Gasteiger partial charge in [-0.05, 0) is 69.1 Å². The Morgan fingerprint density at radius 1 is 1.07 bits per heavy atom. The molecule has 29 heavy (non-hydrogen) atoms. The van der Waals surface area contributed by atoms with Crippen LogP contribution in [-0.4, -0.2) is 31.9 Å². The van der Waals surface area contributed by atoms with E-state index in [0.717, 1.165) is 17.1 Å². The number of aromatic nitrogens is 3. The Morgan fingerprint density at radius 2 is 1.72 bits per heavy atom. The molecule has 3 aromatic rings. The molecule has 0 aliphatic rings. The Morgan fingerprint density at radius 3 is 2.28 bits per heavy atom. The fourth-order valence-electron chi connectivity index (χ4n) is 2.87. The van der Waals surface area contributed by atoms with Crippen molar-refractivity contribution in [2.45, 2.75) is 39.3 Å². The number of hydrogen-bond donors (Lipinski definition) is 1. The number of nitrogens with one attached hydrogen (secondary N) is 1. The largest absolute Gasteiger partial charge is 0.349 e. The van der Waals surface area contributed by atoms with Gasteiger partial charge >= 0.3 is 0 Å². The molecule has 2 heterocycles. The second-order valence-electron chi connectivity index (χ2n) is 7.72. The molecule has 1 atom stereocenters. The van der Waals surface area contributed by atoms with Gasteiger partial charge in [0.25, 0.3) is 5.91 Å². The fourth-order valence-corrected chi connectivity index (χ4v) is 3.30. The number of benzene rings is 1. The van der Waals surface area contributed by atoms with Gasteiger partial charge in [0.15, 0.2) is 5.69 Å². The van der Waals surface area contributed by atoms with Crippen molar-refractivity contribution in [2.24, 2.45) is 0 Å². The number of carbonyl (C=O) groups is 2. The maximum Gasteiger partial charge on any atom is 0.280 e. The van der Waals surface area contributed by atoms with Crippen LogP contribution in [0.1, 0.15) is 48.4 Å². The van der Waals surface area contributed by atoms with Crippen LogP contribution in [0.2, 0.25) is 0 Å². The van der Waals surface area contributed by atoms with Crippen LogP contribution < -0.4 is 10.2 Å². The zero-order valence-electron chi connectivity index (χ0n) is 16.8. The van der Waals surface area contributed by atoms with Crippen molar-refractivity contribution in [3.05, 3.63) is 71.0 Å². The van der Waals surface area contributed by atoms with Crippen molar-refractivity contribution >= 4 is 29.0 Å². The third-order valence-electron chi connectivity index (χ3n) is 4.14. The minimum Gasteiger partial charge on any atom is -0.349 e. The van der Waals surface area contributed by atoms with Crippen molar-refractivity contribution in [3.63, 3.8) is 0 Å². The average Bonchev–Trinajstić information content (AvgIpc) is 3.20. The highest BCUT2D eigenvalue weighted by Crippen LogP contribution is 2.30. The molecule has 0 aliphatic carbocycles. The van der Waals surface area contributed by atoms with Crippen LogP contribution >= 0.6 is 11.5 Å². The smallest absolute Gasteiger partial charge is 0.280 e. The number of rotatable bonds is 5. The minimum atomic E-state index is -0.894. The van der Waals surface area contributed by atoms with Crippen LogP contribution in [0.4, 0.5) is 5.69 Å². The van der Waals surface area contributed by atoms with Crippen LogP contribution in [0.15, 0.2) is 54.2 Å². The van der Waals surface area contributed by atoms with Crippen molar-refractivity contribution in [2.75, 3.05) is 4.90 Å². The monoisotopic (exact) mass is 409 g/mol. The molecule has 3 rings (SSSR count).